The monoisotopic (exact) mass is 418 g/mol. The van der Waals surface area contributed by atoms with E-state index in [2.05, 4.69) is 0 Å². The molecular formula is C22H21F3N2O3. The van der Waals surface area contributed by atoms with Gasteiger partial charge in [-0.25, -0.2) is 0 Å². The fourth-order valence-electron chi connectivity index (χ4n) is 3.94. The first-order valence-corrected chi connectivity index (χ1v) is 9.79. The van der Waals surface area contributed by atoms with E-state index in [0.717, 1.165) is 17.7 Å². The Morgan fingerprint density at radius 3 is 2.10 bits per heavy atom. The molecular weight excluding hydrogens is 397 g/mol. The number of piperazine rings is 1. The lowest BCUT2D eigenvalue weighted by atomic mass is 10.1. The van der Waals surface area contributed by atoms with Crippen LogP contribution in [0.3, 0.4) is 0 Å². The summed E-state index contributed by atoms with van der Waals surface area (Å²) in [7, 11) is 0. The molecule has 1 aliphatic heterocycles. The Morgan fingerprint density at radius 2 is 1.50 bits per heavy atom. The fraction of sp³-hybridized carbons (Fsp3) is 0.364. The summed E-state index contributed by atoms with van der Waals surface area (Å²) in [4.78, 5) is 28.7. The molecule has 30 heavy (non-hydrogen) atoms. The molecule has 0 aromatic heterocycles. The average Bonchev–Trinajstić information content (AvgIpc) is 3.54. The Balaban J connectivity index is 1.32. The molecule has 0 radical (unpaired) electrons. The van der Waals surface area contributed by atoms with Crippen LogP contribution >= 0.6 is 0 Å². The summed E-state index contributed by atoms with van der Waals surface area (Å²) in [6.45, 7) is 1.54. The molecule has 2 atom stereocenters. The summed E-state index contributed by atoms with van der Waals surface area (Å²) in [5.74, 6) is -0.634. The molecule has 1 saturated heterocycles. The molecule has 4 rings (SSSR count). The number of para-hydroxylation sites is 1. The van der Waals surface area contributed by atoms with Crippen molar-refractivity contribution in [2.45, 2.75) is 18.5 Å². The van der Waals surface area contributed by atoms with Gasteiger partial charge in [-0.2, -0.15) is 13.2 Å². The van der Waals surface area contributed by atoms with Gasteiger partial charge >= 0.3 is 6.18 Å². The normalized spacial score (nSPS) is 21.4. The summed E-state index contributed by atoms with van der Waals surface area (Å²) < 4.78 is 38.1. The van der Waals surface area contributed by atoms with Gasteiger partial charge < -0.3 is 14.9 Å². The zero-order valence-corrected chi connectivity index (χ0v) is 16.1. The van der Waals surface area contributed by atoms with E-state index < -0.39 is 11.7 Å². The number of phenols is 1. The maximum absolute atomic E-state index is 12.8. The zero-order chi connectivity index (χ0) is 21.5. The van der Waals surface area contributed by atoms with Crippen LogP contribution in [-0.2, 0) is 11.0 Å². The van der Waals surface area contributed by atoms with Gasteiger partial charge in [0.05, 0.1) is 11.1 Å². The SMILES string of the molecule is O=C(c1ccccc1O)N1CCN(C(=O)C2CC2c2ccc(C(F)(F)F)cc2)CC1. The quantitative estimate of drug-likeness (QED) is 0.830. The number of rotatable bonds is 3. The second kappa shape index (κ2) is 7.66. The summed E-state index contributed by atoms with van der Waals surface area (Å²) >= 11 is 0. The Kier molecular flexibility index (Phi) is 5.17. The number of halogens is 3. The van der Waals surface area contributed by atoms with Gasteiger partial charge in [0.25, 0.3) is 5.91 Å². The van der Waals surface area contributed by atoms with Crippen molar-refractivity contribution < 1.29 is 27.9 Å². The smallest absolute Gasteiger partial charge is 0.416 e. The third kappa shape index (κ3) is 3.99. The Morgan fingerprint density at radius 1 is 0.900 bits per heavy atom. The number of alkyl halides is 3. The summed E-state index contributed by atoms with van der Waals surface area (Å²) in [6, 6.07) is 11.4. The molecule has 2 amide bonds. The van der Waals surface area contributed by atoms with Crippen LogP contribution in [0.2, 0.25) is 0 Å². The van der Waals surface area contributed by atoms with Crippen LogP contribution in [0, 0.1) is 5.92 Å². The molecule has 2 aromatic carbocycles. The van der Waals surface area contributed by atoms with Crippen LogP contribution in [0.4, 0.5) is 13.2 Å². The van der Waals surface area contributed by atoms with Crippen molar-refractivity contribution >= 4 is 11.8 Å². The third-order valence-electron chi connectivity index (χ3n) is 5.79. The maximum Gasteiger partial charge on any atom is 0.416 e. The van der Waals surface area contributed by atoms with E-state index in [1.54, 1.807) is 28.0 Å². The van der Waals surface area contributed by atoms with Crippen LogP contribution in [0.15, 0.2) is 48.5 Å². The number of carbonyl (C=O) groups excluding carboxylic acids is 2. The van der Waals surface area contributed by atoms with Crippen molar-refractivity contribution in [1.29, 1.82) is 0 Å². The van der Waals surface area contributed by atoms with Gasteiger partial charge in [-0.05, 0) is 42.2 Å². The minimum absolute atomic E-state index is 0.0189. The Hall–Kier alpha value is -3.03. The van der Waals surface area contributed by atoms with E-state index >= 15 is 0 Å². The summed E-state index contributed by atoms with van der Waals surface area (Å²) in [5, 5.41) is 9.86. The van der Waals surface area contributed by atoms with Crippen molar-refractivity contribution in [1.82, 2.24) is 9.80 Å². The molecule has 2 unspecified atom stereocenters. The first-order valence-electron chi connectivity index (χ1n) is 9.79. The van der Waals surface area contributed by atoms with E-state index in [9.17, 15) is 27.9 Å². The van der Waals surface area contributed by atoms with E-state index in [1.165, 1.54) is 18.2 Å². The van der Waals surface area contributed by atoms with Gasteiger partial charge in [0.1, 0.15) is 5.75 Å². The predicted molar refractivity (Wildman–Crippen MR) is 103 cm³/mol. The molecule has 1 aliphatic carbocycles. The van der Waals surface area contributed by atoms with Gasteiger partial charge in [0.15, 0.2) is 0 Å². The van der Waals surface area contributed by atoms with Crippen molar-refractivity contribution in [3.63, 3.8) is 0 Å². The summed E-state index contributed by atoms with van der Waals surface area (Å²) in [6.07, 6.45) is -3.74. The van der Waals surface area contributed by atoms with Crippen LogP contribution in [0.1, 0.15) is 33.8 Å². The van der Waals surface area contributed by atoms with Gasteiger partial charge in [-0.1, -0.05) is 24.3 Å². The van der Waals surface area contributed by atoms with E-state index in [0.29, 0.717) is 32.6 Å². The number of carbonyl (C=O) groups is 2. The Bertz CT molecular complexity index is 951. The second-order valence-electron chi connectivity index (χ2n) is 7.70. The van der Waals surface area contributed by atoms with Crippen LogP contribution in [0.25, 0.3) is 0 Å². The van der Waals surface area contributed by atoms with Crippen LogP contribution in [-0.4, -0.2) is 52.9 Å². The minimum Gasteiger partial charge on any atom is -0.507 e. The first kappa shape index (κ1) is 20.3. The van der Waals surface area contributed by atoms with E-state index in [-0.39, 0.29) is 35.0 Å². The largest absolute Gasteiger partial charge is 0.507 e. The van der Waals surface area contributed by atoms with Crippen molar-refractivity contribution in [3.05, 3.63) is 65.2 Å². The van der Waals surface area contributed by atoms with E-state index in [4.69, 9.17) is 0 Å². The lowest BCUT2D eigenvalue weighted by Gasteiger charge is -2.35. The number of hydrogen-bond donors (Lipinski definition) is 1. The third-order valence-corrected chi connectivity index (χ3v) is 5.79. The molecule has 0 bridgehead atoms. The van der Waals surface area contributed by atoms with Crippen LogP contribution in [0.5, 0.6) is 5.75 Å². The number of hydrogen-bond acceptors (Lipinski definition) is 3. The van der Waals surface area contributed by atoms with Crippen molar-refractivity contribution in [2.24, 2.45) is 5.92 Å². The van der Waals surface area contributed by atoms with Crippen LogP contribution < -0.4 is 0 Å². The predicted octanol–water partition coefficient (Wildman–Crippen LogP) is 3.50. The van der Waals surface area contributed by atoms with Gasteiger partial charge in [0, 0.05) is 32.1 Å². The second-order valence-corrected chi connectivity index (χ2v) is 7.70. The molecule has 1 N–H and O–H groups in total. The maximum atomic E-state index is 12.8. The molecule has 2 aliphatic rings. The molecule has 5 nitrogen and oxygen atoms in total. The fourth-order valence-corrected chi connectivity index (χ4v) is 3.94. The standard InChI is InChI=1S/C22H21F3N2O3/c23-22(24,25)15-7-5-14(6-8-15)17-13-18(17)21(30)27-11-9-26(10-12-27)20(29)16-3-1-2-4-19(16)28/h1-8,17-18,28H,9-13H2. The summed E-state index contributed by atoms with van der Waals surface area (Å²) in [5.41, 5.74) is 0.288. The number of amides is 2. The Labute approximate surface area is 171 Å². The molecule has 1 heterocycles. The lowest BCUT2D eigenvalue weighted by Crippen LogP contribution is -2.51. The highest BCUT2D eigenvalue weighted by Crippen LogP contribution is 2.49. The number of nitrogens with zero attached hydrogens (tertiary/aromatic N) is 2. The number of phenolic OH excluding ortho intramolecular Hbond substituents is 1. The number of benzene rings is 2. The molecule has 1 saturated carbocycles. The molecule has 8 heteroatoms. The topological polar surface area (TPSA) is 60.9 Å². The average molecular weight is 418 g/mol. The highest BCUT2D eigenvalue weighted by molar-refractivity contribution is 5.97. The lowest BCUT2D eigenvalue weighted by molar-refractivity contribution is -0.137. The molecule has 0 spiro atoms. The van der Waals surface area contributed by atoms with Gasteiger partial charge in [-0.3, -0.25) is 9.59 Å². The first-order chi connectivity index (χ1) is 14.3. The molecule has 2 aromatic rings. The van der Waals surface area contributed by atoms with Gasteiger partial charge in [-0.15, -0.1) is 0 Å². The highest BCUT2D eigenvalue weighted by Gasteiger charge is 2.46. The number of aromatic hydroxyl groups is 1. The van der Waals surface area contributed by atoms with Crippen molar-refractivity contribution in [2.75, 3.05) is 26.2 Å². The molecule has 158 valence electrons. The molecule has 2 fully saturated rings. The van der Waals surface area contributed by atoms with Gasteiger partial charge in [0.2, 0.25) is 5.91 Å². The van der Waals surface area contributed by atoms with E-state index in [1.807, 2.05) is 0 Å². The van der Waals surface area contributed by atoms with Crippen molar-refractivity contribution in [3.8, 4) is 5.75 Å². The minimum atomic E-state index is -4.37. The highest BCUT2D eigenvalue weighted by atomic mass is 19.4. The zero-order valence-electron chi connectivity index (χ0n) is 16.1.